The fraction of sp³-hybridized carbons (Fsp3) is 0.0556. The van der Waals surface area contributed by atoms with Gasteiger partial charge in [0.15, 0.2) is 6.20 Å². The van der Waals surface area contributed by atoms with E-state index in [2.05, 4.69) is 53.3 Å². The van der Waals surface area contributed by atoms with E-state index in [1.165, 1.54) is 16.7 Å². The van der Waals surface area contributed by atoms with Crippen molar-refractivity contribution < 1.29 is 17.4 Å². The first-order chi connectivity index (χ1) is 10.3. The summed E-state index contributed by atoms with van der Waals surface area (Å²) in [5.41, 5.74) is 6.80. The molecular weight excluding hydrogens is 315 g/mol. The predicted molar refractivity (Wildman–Crippen MR) is 88.1 cm³/mol. The van der Waals surface area contributed by atoms with Crippen molar-refractivity contribution in [3.05, 3.63) is 72.4 Å². The summed E-state index contributed by atoms with van der Waals surface area (Å²) in [5, 5.41) is 0. The van der Waals surface area contributed by atoms with E-state index in [4.69, 9.17) is 11.8 Å². The summed E-state index contributed by atoms with van der Waals surface area (Å²) in [5.74, 6) is 0. The second kappa shape index (κ2) is 7.30. The second-order valence-electron chi connectivity index (χ2n) is 4.98. The van der Waals surface area contributed by atoms with Gasteiger partial charge in [-0.3, -0.25) is 4.84 Å². The molecule has 2 aromatic carbocycles. The van der Waals surface area contributed by atoms with Crippen LogP contribution in [0.5, 0.6) is 0 Å². The van der Waals surface area contributed by atoms with Crippen LogP contribution in [0.3, 0.4) is 0 Å². The van der Waals surface area contributed by atoms with Gasteiger partial charge < -0.3 is 12.4 Å². The Labute approximate surface area is 141 Å². The van der Waals surface area contributed by atoms with Gasteiger partial charge in [-0.15, -0.1) is 0 Å². The van der Waals surface area contributed by atoms with E-state index in [-0.39, 0.29) is 12.4 Å². The van der Waals surface area contributed by atoms with Gasteiger partial charge in [-0.25, -0.2) is 4.98 Å². The monoisotopic (exact) mass is 330 g/mol. The lowest BCUT2D eigenvalue weighted by Gasteiger charge is -2.04. The fourth-order valence-corrected chi connectivity index (χ4v) is 2.53. The van der Waals surface area contributed by atoms with Gasteiger partial charge in [0, 0.05) is 34.7 Å². The van der Waals surface area contributed by atoms with Gasteiger partial charge in [0.05, 0.1) is 0 Å². The van der Waals surface area contributed by atoms with E-state index in [1.54, 1.807) is 0 Å². The molecule has 0 aliphatic heterocycles. The first-order valence-electron chi connectivity index (χ1n) is 6.83. The highest BCUT2D eigenvalue weighted by Crippen LogP contribution is 2.25. The molecule has 0 unspecified atom stereocenters. The summed E-state index contributed by atoms with van der Waals surface area (Å²) in [6.07, 6.45) is 2.06. The molecule has 22 heavy (non-hydrogen) atoms. The number of nitrogens with one attached hydrogen (secondary N) is 2. The molecule has 0 aliphatic carbocycles. The molecule has 1 heterocycles. The third-order valence-corrected chi connectivity index (χ3v) is 3.77. The molecule has 2 N–H and O–H groups in total. The minimum atomic E-state index is 0. The van der Waals surface area contributed by atoms with Crippen molar-refractivity contribution in [2.75, 3.05) is 4.84 Å². The van der Waals surface area contributed by atoms with Crippen LogP contribution in [0.2, 0.25) is 0 Å². The van der Waals surface area contributed by atoms with Crippen molar-refractivity contribution in [1.29, 1.82) is 0 Å². The number of hydrogen-bond acceptors (Lipinski definition) is 1. The zero-order chi connectivity index (χ0) is 14.7. The number of aryl methyl sites for hydroxylation is 1. The lowest BCUT2D eigenvalue weighted by molar-refractivity contribution is -0.364. The largest absolute Gasteiger partial charge is 1.00 e. The first-order valence-corrected chi connectivity index (χ1v) is 7.20. The fourth-order valence-electron chi connectivity index (χ4n) is 2.41. The van der Waals surface area contributed by atoms with Crippen molar-refractivity contribution in [3.63, 3.8) is 0 Å². The number of halogens is 2. The molecule has 0 spiro atoms. The molecule has 1 aromatic heterocycles. The minimum absolute atomic E-state index is 0. The van der Waals surface area contributed by atoms with Crippen molar-refractivity contribution in [2.45, 2.75) is 6.92 Å². The van der Waals surface area contributed by atoms with Crippen LogP contribution in [0.4, 0.5) is 5.69 Å². The zero-order valence-corrected chi connectivity index (χ0v) is 13.6. The third kappa shape index (κ3) is 3.41. The number of pyridine rings is 1. The van der Waals surface area contributed by atoms with Crippen LogP contribution in [0, 0.1) is 6.92 Å². The Morgan fingerprint density at radius 2 is 1.59 bits per heavy atom. The SMILES string of the molecule is Cc1cc(-c2ccc(NCl)cc2)[nH+]cc1-c1ccccc1.[Cl-]. The molecule has 0 amide bonds. The lowest BCUT2D eigenvalue weighted by atomic mass is 10.0. The maximum atomic E-state index is 5.58. The molecule has 4 heteroatoms. The van der Waals surface area contributed by atoms with Crippen LogP contribution in [0.15, 0.2) is 66.9 Å². The number of hydrogen-bond donors (Lipinski definition) is 1. The first kappa shape index (κ1) is 16.3. The van der Waals surface area contributed by atoms with E-state index >= 15 is 0 Å². The highest BCUT2D eigenvalue weighted by Gasteiger charge is 2.10. The van der Waals surface area contributed by atoms with Crippen molar-refractivity contribution in [3.8, 4) is 22.4 Å². The van der Waals surface area contributed by atoms with Gasteiger partial charge in [0.2, 0.25) is 5.69 Å². The van der Waals surface area contributed by atoms with Gasteiger partial charge in [-0.2, -0.15) is 0 Å². The Hall–Kier alpha value is -2.03. The maximum Gasteiger partial charge on any atom is 0.211 e. The minimum Gasteiger partial charge on any atom is -1.00 e. The molecule has 2 nitrogen and oxygen atoms in total. The molecule has 0 bridgehead atoms. The molecule has 3 rings (SSSR count). The zero-order valence-electron chi connectivity index (χ0n) is 12.1. The highest BCUT2D eigenvalue weighted by atomic mass is 35.5. The Kier molecular flexibility index (Phi) is 5.42. The number of anilines is 1. The maximum absolute atomic E-state index is 5.58. The number of benzene rings is 2. The van der Waals surface area contributed by atoms with Gasteiger partial charge in [-0.1, -0.05) is 30.3 Å². The van der Waals surface area contributed by atoms with Gasteiger partial charge in [-0.05, 0) is 42.3 Å². The van der Waals surface area contributed by atoms with E-state index in [0.29, 0.717) is 0 Å². The van der Waals surface area contributed by atoms with Crippen molar-refractivity contribution >= 4 is 17.5 Å². The van der Waals surface area contributed by atoms with Gasteiger partial charge in [0.25, 0.3) is 0 Å². The quantitative estimate of drug-likeness (QED) is 0.727. The van der Waals surface area contributed by atoms with Crippen LogP contribution < -0.4 is 22.2 Å². The Morgan fingerprint density at radius 1 is 0.909 bits per heavy atom. The van der Waals surface area contributed by atoms with E-state index < -0.39 is 0 Å². The number of rotatable bonds is 3. The number of aromatic amines is 1. The normalized spacial score (nSPS) is 9.91. The molecule has 0 aliphatic rings. The molecule has 0 saturated heterocycles. The van der Waals surface area contributed by atoms with Crippen LogP contribution >= 0.6 is 11.8 Å². The molecule has 0 fully saturated rings. The lowest BCUT2D eigenvalue weighted by Crippen LogP contribution is -3.00. The van der Waals surface area contributed by atoms with Gasteiger partial charge >= 0.3 is 0 Å². The van der Waals surface area contributed by atoms with E-state index in [0.717, 1.165) is 16.9 Å². The van der Waals surface area contributed by atoms with Crippen molar-refractivity contribution in [1.82, 2.24) is 0 Å². The summed E-state index contributed by atoms with van der Waals surface area (Å²) in [7, 11) is 0. The Morgan fingerprint density at radius 3 is 2.18 bits per heavy atom. The van der Waals surface area contributed by atoms with Crippen LogP contribution in [0.1, 0.15) is 5.56 Å². The predicted octanol–water partition coefficient (Wildman–Crippen LogP) is 1.71. The van der Waals surface area contributed by atoms with Crippen LogP contribution in [0.25, 0.3) is 22.4 Å². The summed E-state index contributed by atoms with van der Waals surface area (Å²) in [4.78, 5) is 5.99. The second-order valence-corrected chi connectivity index (χ2v) is 5.17. The number of aromatic nitrogens is 1. The van der Waals surface area contributed by atoms with Crippen LogP contribution in [-0.4, -0.2) is 0 Å². The summed E-state index contributed by atoms with van der Waals surface area (Å²) < 4.78 is 0. The average molecular weight is 331 g/mol. The Balaban J connectivity index is 0.00000176. The molecular formula is C18H16Cl2N2. The summed E-state index contributed by atoms with van der Waals surface area (Å²) >= 11 is 5.58. The van der Waals surface area contributed by atoms with Gasteiger partial charge in [0.1, 0.15) is 0 Å². The molecule has 112 valence electrons. The van der Waals surface area contributed by atoms with E-state index in [9.17, 15) is 0 Å². The summed E-state index contributed by atoms with van der Waals surface area (Å²) in [6, 6.07) is 20.5. The van der Waals surface area contributed by atoms with Crippen LogP contribution in [-0.2, 0) is 0 Å². The molecule has 0 atom stereocenters. The molecule has 0 saturated carbocycles. The third-order valence-electron chi connectivity index (χ3n) is 3.55. The highest BCUT2D eigenvalue weighted by molar-refractivity contribution is 6.23. The average Bonchev–Trinajstić information content (AvgIpc) is 2.55. The summed E-state index contributed by atoms with van der Waals surface area (Å²) in [6.45, 7) is 2.13. The standard InChI is InChI=1S/C18H15ClN2.ClH/c1-13-11-18(15-7-9-16(21-19)10-8-15)20-12-17(13)14-5-3-2-4-6-14;/h2-12,21H,1H3;1H. The van der Waals surface area contributed by atoms with Crippen molar-refractivity contribution in [2.24, 2.45) is 0 Å². The molecule has 0 radical (unpaired) electrons. The smallest absolute Gasteiger partial charge is 0.211 e. The Bertz CT molecular complexity index is 741. The molecule has 3 aromatic rings. The van der Waals surface area contributed by atoms with E-state index in [1.807, 2.05) is 30.3 Å². The number of H-pyrrole nitrogens is 1. The topological polar surface area (TPSA) is 26.2 Å².